The van der Waals surface area contributed by atoms with Gasteiger partial charge in [0.1, 0.15) is 5.82 Å². The van der Waals surface area contributed by atoms with Crippen LogP contribution >= 0.6 is 24.2 Å². The van der Waals surface area contributed by atoms with Crippen LogP contribution in [0.15, 0.2) is 24.3 Å². The van der Waals surface area contributed by atoms with Gasteiger partial charge in [0, 0.05) is 13.1 Å². The predicted molar refractivity (Wildman–Crippen MR) is 97.6 cm³/mol. The lowest BCUT2D eigenvalue weighted by atomic mass is 9.90. The Hall–Kier alpha value is -0.780. The second-order valence-corrected chi connectivity index (χ2v) is 6.97. The van der Waals surface area contributed by atoms with Crippen LogP contribution in [0.5, 0.6) is 0 Å². The van der Waals surface area contributed by atoms with Crippen LogP contribution in [0, 0.1) is 11.7 Å². The maximum atomic E-state index is 12.9. The Morgan fingerprint density at radius 3 is 2.52 bits per heavy atom. The Kier molecular flexibility index (Phi) is 8.95. The molecule has 0 aromatic heterocycles. The van der Waals surface area contributed by atoms with E-state index in [1.807, 2.05) is 23.3 Å². The lowest BCUT2D eigenvalue weighted by Gasteiger charge is -2.33. The summed E-state index contributed by atoms with van der Waals surface area (Å²) < 4.78 is 12.9. The summed E-state index contributed by atoms with van der Waals surface area (Å²) in [7, 11) is 0. The Morgan fingerprint density at radius 1 is 1.35 bits per heavy atom. The van der Waals surface area contributed by atoms with Crippen LogP contribution in [0.4, 0.5) is 4.39 Å². The number of thioether (sulfide) groups is 1. The van der Waals surface area contributed by atoms with Gasteiger partial charge in [-0.3, -0.25) is 4.79 Å². The molecular formula is C17H26ClFN2OS. The molecule has 1 saturated heterocycles. The van der Waals surface area contributed by atoms with Gasteiger partial charge in [-0.2, -0.15) is 11.8 Å². The summed E-state index contributed by atoms with van der Waals surface area (Å²) in [6.07, 6.45) is 5.73. The lowest BCUT2D eigenvalue weighted by Crippen LogP contribution is -2.47. The van der Waals surface area contributed by atoms with Gasteiger partial charge in [0.2, 0.25) is 5.91 Å². The van der Waals surface area contributed by atoms with E-state index >= 15 is 0 Å². The summed E-state index contributed by atoms with van der Waals surface area (Å²) in [5.74, 6) is 1.39. The molecule has 1 aliphatic heterocycles. The second kappa shape index (κ2) is 10.2. The number of benzene rings is 1. The van der Waals surface area contributed by atoms with E-state index in [-0.39, 0.29) is 30.2 Å². The highest BCUT2D eigenvalue weighted by Crippen LogP contribution is 2.22. The van der Waals surface area contributed by atoms with Gasteiger partial charge in [-0.25, -0.2) is 4.39 Å². The highest BCUT2D eigenvalue weighted by molar-refractivity contribution is 7.98. The normalized spacial score (nSPS) is 16.7. The molecule has 1 aromatic carbocycles. The Balaban J connectivity index is 0.00000264. The van der Waals surface area contributed by atoms with Gasteiger partial charge in [-0.05, 0) is 61.3 Å². The fourth-order valence-corrected chi connectivity index (χ4v) is 3.40. The molecule has 3 nitrogen and oxygen atoms in total. The van der Waals surface area contributed by atoms with Crippen molar-refractivity contribution in [2.75, 3.05) is 25.1 Å². The number of amides is 1. The molecule has 130 valence electrons. The van der Waals surface area contributed by atoms with Crippen molar-refractivity contribution in [3.8, 4) is 0 Å². The summed E-state index contributed by atoms with van der Waals surface area (Å²) in [6.45, 7) is 1.58. The van der Waals surface area contributed by atoms with Crippen LogP contribution in [0.3, 0.4) is 0 Å². The largest absolute Gasteiger partial charge is 0.341 e. The Labute approximate surface area is 148 Å². The SMILES string of the molecule is CSCC[C@H](N)C(=O)N1CCC(Cc2ccc(F)cc2)CC1.Cl. The van der Waals surface area contributed by atoms with Crippen LogP contribution in [0.2, 0.25) is 0 Å². The van der Waals surface area contributed by atoms with Gasteiger partial charge in [0.05, 0.1) is 6.04 Å². The lowest BCUT2D eigenvalue weighted by molar-refractivity contribution is -0.134. The first kappa shape index (κ1) is 20.3. The van der Waals surface area contributed by atoms with E-state index in [1.165, 1.54) is 17.7 Å². The minimum Gasteiger partial charge on any atom is -0.341 e. The zero-order chi connectivity index (χ0) is 15.9. The predicted octanol–water partition coefficient (Wildman–Crippen LogP) is 3.11. The second-order valence-electron chi connectivity index (χ2n) is 5.99. The fourth-order valence-electron chi connectivity index (χ4n) is 2.91. The van der Waals surface area contributed by atoms with Crippen molar-refractivity contribution in [3.05, 3.63) is 35.6 Å². The number of nitrogens with two attached hydrogens (primary N) is 1. The Morgan fingerprint density at radius 2 is 1.96 bits per heavy atom. The molecule has 0 spiro atoms. The highest BCUT2D eigenvalue weighted by atomic mass is 35.5. The van der Waals surface area contributed by atoms with Crippen molar-refractivity contribution in [1.82, 2.24) is 4.90 Å². The summed E-state index contributed by atoms with van der Waals surface area (Å²) in [5.41, 5.74) is 7.14. The van der Waals surface area contributed by atoms with Gasteiger partial charge >= 0.3 is 0 Å². The average Bonchev–Trinajstić information content (AvgIpc) is 2.55. The van der Waals surface area contributed by atoms with E-state index in [2.05, 4.69) is 0 Å². The molecular weight excluding hydrogens is 335 g/mol. The zero-order valence-corrected chi connectivity index (χ0v) is 15.2. The maximum Gasteiger partial charge on any atom is 0.239 e. The minimum absolute atomic E-state index is 0. The van der Waals surface area contributed by atoms with Crippen LogP contribution in [-0.2, 0) is 11.2 Å². The summed E-state index contributed by atoms with van der Waals surface area (Å²) >= 11 is 1.72. The first-order valence-corrected chi connectivity index (χ1v) is 9.27. The van der Waals surface area contributed by atoms with E-state index in [9.17, 15) is 9.18 Å². The van der Waals surface area contributed by atoms with Crippen LogP contribution in [0.25, 0.3) is 0 Å². The molecule has 2 N–H and O–H groups in total. The molecule has 6 heteroatoms. The number of carbonyl (C=O) groups is 1. The molecule has 0 radical (unpaired) electrons. The number of nitrogens with zero attached hydrogens (tertiary/aromatic N) is 1. The summed E-state index contributed by atoms with van der Waals surface area (Å²) in [6, 6.07) is 6.37. The highest BCUT2D eigenvalue weighted by Gasteiger charge is 2.26. The molecule has 0 unspecified atom stereocenters. The van der Waals surface area contributed by atoms with Gasteiger partial charge in [0.15, 0.2) is 0 Å². The third-order valence-electron chi connectivity index (χ3n) is 4.31. The number of halogens is 2. The van der Waals surface area contributed by atoms with Crippen molar-refractivity contribution in [1.29, 1.82) is 0 Å². The number of carbonyl (C=O) groups excluding carboxylic acids is 1. The van der Waals surface area contributed by atoms with Crippen molar-refractivity contribution in [2.24, 2.45) is 11.7 Å². The summed E-state index contributed by atoms with van der Waals surface area (Å²) in [5, 5.41) is 0. The van der Waals surface area contributed by atoms with Crippen molar-refractivity contribution in [2.45, 2.75) is 31.7 Å². The topological polar surface area (TPSA) is 46.3 Å². The van der Waals surface area contributed by atoms with Crippen LogP contribution in [0.1, 0.15) is 24.8 Å². The van der Waals surface area contributed by atoms with Gasteiger partial charge < -0.3 is 10.6 Å². The number of hydrogen-bond donors (Lipinski definition) is 1. The fraction of sp³-hybridized carbons (Fsp3) is 0.588. The standard InChI is InChI=1S/C17H25FN2OS.ClH/c1-22-11-8-16(19)17(21)20-9-6-14(7-10-20)12-13-2-4-15(18)5-3-13;/h2-5,14,16H,6-12,19H2,1H3;1H/t16-;/m0./s1. The first-order valence-electron chi connectivity index (χ1n) is 7.88. The quantitative estimate of drug-likeness (QED) is 0.847. The van der Waals surface area contributed by atoms with Crippen molar-refractivity contribution in [3.63, 3.8) is 0 Å². The molecule has 23 heavy (non-hydrogen) atoms. The average molecular weight is 361 g/mol. The van der Waals surface area contributed by atoms with Crippen LogP contribution < -0.4 is 5.73 Å². The molecule has 1 amide bonds. The third-order valence-corrected chi connectivity index (χ3v) is 4.96. The molecule has 1 atom stereocenters. The van der Waals surface area contributed by atoms with E-state index in [4.69, 9.17) is 5.73 Å². The minimum atomic E-state index is -0.360. The molecule has 1 fully saturated rings. The molecule has 2 rings (SSSR count). The number of rotatable bonds is 6. The van der Waals surface area contributed by atoms with E-state index < -0.39 is 0 Å². The Bertz CT molecular complexity index is 478. The maximum absolute atomic E-state index is 12.9. The van der Waals surface area contributed by atoms with Crippen LogP contribution in [-0.4, -0.2) is 41.9 Å². The number of likely N-dealkylation sites (tertiary alicyclic amines) is 1. The van der Waals surface area contributed by atoms with Gasteiger partial charge in [0.25, 0.3) is 0 Å². The van der Waals surface area contributed by atoms with Gasteiger partial charge in [-0.1, -0.05) is 12.1 Å². The first-order chi connectivity index (χ1) is 10.6. The van der Waals surface area contributed by atoms with E-state index in [0.717, 1.165) is 44.5 Å². The molecule has 1 heterocycles. The van der Waals surface area contributed by atoms with Gasteiger partial charge in [-0.15, -0.1) is 12.4 Å². The molecule has 0 bridgehead atoms. The van der Waals surface area contributed by atoms with E-state index in [0.29, 0.717) is 5.92 Å². The zero-order valence-electron chi connectivity index (χ0n) is 13.5. The van der Waals surface area contributed by atoms with Crippen molar-refractivity contribution < 1.29 is 9.18 Å². The number of hydrogen-bond acceptors (Lipinski definition) is 3. The molecule has 0 saturated carbocycles. The molecule has 1 aliphatic rings. The monoisotopic (exact) mass is 360 g/mol. The number of piperidine rings is 1. The van der Waals surface area contributed by atoms with E-state index in [1.54, 1.807) is 11.8 Å². The third kappa shape index (κ3) is 6.32. The molecule has 0 aliphatic carbocycles. The smallest absolute Gasteiger partial charge is 0.239 e. The summed E-state index contributed by atoms with van der Waals surface area (Å²) in [4.78, 5) is 14.2. The van der Waals surface area contributed by atoms with Crippen molar-refractivity contribution >= 4 is 30.1 Å². The molecule has 1 aromatic rings.